The molecule has 2 aromatic carbocycles. The number of amides is 2. The number of carbonyl (C=O) groups is 5. The average molecular weight is 498 g/mol. The maximum Gasteiger partial charge on any atom is 0.238 e. The van der Waals surface area contributed by atoms with Gasteiger partial charge in [-0.3, -0.25) is 28.9 Å². The molecule has 8 N–H and O–H groups in total. The fraction of sp³-hybridized carbons (Fsp3) is 0.375. The predicted molar refractivity (Wildman–Crippen MR) is 126 cm³/mol. The van der Waals surface area contributed by atoms with Crippen molar-refractivity contribution >= 4 is 45.6 Å². The number of aryl methyl sites for hydroxylation is 1. The number of phenolic OH excluding ortho intramolecular Hbond substituents is 2. The van der Waals surface area contributed by atoms with Crippen molar-refractivity contribution in [3.63, 3.8) is 0 Å². The van der Waals surface area contributed by atoms with Crippen LogP contribution in [0.4, 0.5) is 5.69 Å². The number of hydrogen-bond acceptors (Lipinski definition) is 10. The fourth-order valence-corrected chi connectivity index (χ4v) is 5.53. The number of phenols is 2. The number of aliphatic hydroxyl groups is 1. The summed E-state index contributed by atoms with van der Waals surface area (Å²) in [5.74, 6) is -9.84. The maximum atomic E-state index is 13.8. The van der Waals surface area contributed by atoms with Gasteiger partial charge in [-0.25, -0.2) is 0 Å². The van der Waals surface area contributed by atoms with Crippen LogP contribution in [0, 0.1) is 18.8 Å². The van der Waals surface area contributed by atoms with Gasteiger partial charge in [0.05, 0.1) is 29.2 Å². The summed E-state index contributed by atoms with van der Waals surface area (Å²) in [6, 6.07) is 1.73. The van der Waals surface area contributed by atoms with Crippen LogP contribution in [0.3, 0.4) is 0 Å². The lowest BCUT2D eigenvalue weighted by Crippen LogP contribution is -2.71. The number of nitrogens with zero attached hydrogens (tertiary/aromatic N) is 1. The highest BCUT2D eigenvalue weighted by molar-refractivity contribution is 6.33. The van der Waals surface area contributed by atoms with Crippen LogP contribution in [-0.2, 0) is 25.6 Å². The van der Waals surface area contributed by atoms with Crippen LogP contribution in [0.2, 0.25) is 0 Å². The first-order valence-electron chi connectivity index (χ1n) is 11.1. The second kappa shape index (κ2) is 8.36. The SMILES string of the molecule is Cc1c2c(c(O)c3c(O)c(NC(=O)CN)ccc13)C(=O)C1(O)C(=O)C(C(N)=O)C(=O)C(N(C)C)C1C2. The number of anilines is 1. The van der Waals surface area contributed by atoms with Crippen molar-refractivity contribution in [2.45, 2.75) is 25.0 Å². The Morgan fingerprint density at radius 3 is 2.36 bits per heavy atom. The van der Waals surface area contributed by atoms with E-state index >= 15 is 0 Å². The molecule has 36 heavy (non-hydrogen) atoms. The third-order valence-electron chi connectivity index (χ3n) is 7.24. The van der Waals surface area contributed by atoms with Crippen molar-refractivity contribution in [2.75, 3.05) is 26.0 Å². The monoisotopic (exact) mass is 498 g/mol. The lowest BCUT2D eigenvalue weighted by molar-refractivity contribution is -0.162. The standard InChI is InChI=1S/C24H26N4O8/c1-8-9-4-5-12(27-13(29)7-25)18(30)14(9)19(31)15-10(8)6-11-17(28(2)3)20(32)16(23(26)35)22(34)24(11,36)21(15)33/h4-5,11,16-17,30-31,36H,6-7,25H2,1-3H3,(H2,26,35)(H,27,29). The first kappa shape index (κ1) is 25.2. The van der Waals surface area contributed by atoms with E-state index in [0.29, 0.717) is 10.9 Å². The van der Waals surface area contributed by atoms with Crippen LogP contribution in [0.1, 0.15) is 21.5 Å². The molecule has 12 nitrogen and oxygen atoms in total. The molecule has 12 heteroatoms. The number of benzene rings is 2. The van der Waals surface area contributed by atoms with Gasteiger partial charge >= 0.3 is 0 Å². The Morgan fingerprint density at radius 1 is 1.17 bits per heavy atom. The van der Waals surface area contributed by atoms with Gasteiger partial charge in [0.2, 0.25) is 17.6 Å². The lowest BCUT2D eigenvalue weighted by Gasteiger charge is -2.48. The zero-order valence-corrected chi connectivity index (χ0v) is 19.8. The molecular weight excluding hydrogens is 472 g/mol. The van der Waals surface area contributed by atoms with E-state index in [0.717, 1.165) is 0 Å². The molecular formula is C24H26N4O8. The molecule has 4 atom stereocenters. The largest absolute Gasteiger partial charge is 0.506 e. The number of fused-ring (bicyclic) bond motifs is 3. The molecule has 0 aromatic heterocycles. The summed E-state index contributed by atoms with van der Waals surface area (Å²) in [4.78, 5) is 65.3. The molecule has 2 aliphatic carbocycles. The van der Waals surface area contributed by atoms with Crippen molar-refractivity contribution in [1.29, 1.82) is 0 Å². The van der Waals surface area contributed by atoms with Gasteiger partial charge < -0.3 is 32.1 Å². The summed E-state index contributed by atoms with van der Waals surface area (Å²) in [5.41, 5.74) is 8.02. The van der Waals surface area contributed by atoms with Gasteiger partial charge in [0.15, 0.2) is 28.8 Å². The molecule has 0 heterocycles. The van der Waals surface area contributed by atoms with Gasteiger partial charge in [-0.1, -0.05) is 6.07 Å². The van der Waals surface area contributed by atoms with Gasteiger partial charge in [-0.2, -0.15) is 0 Å². The Kier molecular flexibility index (Phi) is 5.86. The molecule has 4 rings (SSSR count). The predicted octanol–water partition coefficient (Wildman–Crippen LogP) is -1.27. The molecule has 0 bridgehead atoms. The minimum atomic E-state index is -2.83. The van der Waals surface area contributed by atoms with Crippen LogP contribution >= 0.6 is 0 Å². The van der Waals surface area contributed by atoms with Gasteiger partial charge in [-0.05, 0) is 50.0 Å². The number of Topliss-reactive ketones (excluding diaryl/α,β-unsaturated/α-hetero) is 3. The zero-order chi connectivity index (χ0) is 26.9. The minimum absolute atomic E-state index is 0.0757. The van der Waals surface area contributed by atoms with Gasteiger partial charge in [0.25, 0.3) is 0 Å². The minimum Gasteiger partial charge on any atom is -0.506 e. The van der Waals surface area contributed by atoms with Crippen molar-refractivity contribution in [2.24, 2.45) is 23.3 Å². The topological polar surface area (TPSA) is 213 Å². The number of likely N-dealkylation sites (N-methyl/N-ethyl adjacent to an activating group) is 1. The third-order valence-corrected chi connectivity index (χ3v) is 7.24. The van der Waals surface area contributed by atoms with E-state index in [2.05, 4.69) is 5.32 Å². The van der Waals surface area contributed by atoms with Crippen molar-refractivity contribution < 1.29 is 39.3 Å². The first-order chi connectivity index (χ1) is 16.8. The Bertz CT molecular complexity index is 1380. The zero-order valence-electron chi connectivity index (χ0n) is 19.8. The van der Waals surface area contributed by atoms with E-state index in [9.17, 15) is 39.3 Å². The smallest absolute Gasteiger partial charge is 0.238 e. The molecule has 4 unspecified atom stereocenters. The quantitative estimate of drug-likeness (QED) is 0.217. The van der Waals surface area contributed by atoms with Crippen molar-refractivity contribution in [3.8, 4) is 11.5 Å². The first-order valence-corrected chi connectivity index (χ1v) is 11.1. The fourth-order valence-electron chi connectivity index (χ4n) is 5.53. The van der Waals surface area contributed by atoms with E-state index < -0.39 is 69.7 Å². The highest BCUT2D eigenvalue weighted by atomic mass is 16.3. The summed E-state index contributed by atoms with van der Waals surface area (Å²) in [5, 5.41) is 36.1. The van der Waals surface area contributed by atoms with Crippen LogP contribution in [-0.4, -0.2) is 81.7 Å². The summed E-state index contributed by atoms with van der Waals surface area (Å²) in [6.07, 6.45) is -0.162. The second-order valence-electron chi connectivity index (χ2n) is 9.38. The van der Waals surface area contributed by atoms with E-state index in [4.69, 9.17) is 11.5 Å². The van der Waals surface area contributed by atoms with Crippen LogP contribution in [0.5, 0.6) is 11.5 Å². The molecule has 2 aromatic rings. The number of aromatic hydroxyl groups is 2. The molecule has 0 radical (unpaired) electrons. The van der Waals surface area contributed by atoms with Crippen LogP contribution in [0.15, 0.2) is 12.1 Å². The van der Waals surface area contributed by atoms with Gasteiger partial charge in [-0.15, -0.1) is 0 Å². The molecule has 2 amide bonds. The molecule has 2 aliphatic rings. The summed E-state index contributed by atoms with van der Waals surface area (Å²) in [7, 11) is 3.02. The third kappa shape index (κ3) is 3.22. The number of rotatable bonds is 4. The normalized spacial score (nSPS) is 25.6. The Morgan fingerprint density at radius 2 is 1.81 bits per heavy atom. The Hall–Kier alpha value is -3.87. The number of carbonyl (C=O) groups excluding carboxylic acids is 5. The van der Waals surface area contributed by atoms with Gasteiger partial charge in [0.1, 0.15) is 5.75 Å². The molecule has 0 aliphatic heterocycles. The summed E-state index contributed by atoms with van der Waals surface area (Å²) in [6.45, 7) is 1.26. The van der Waals surface area contributed by atoms with E-state index in [1.807, 2.05) is 0 Å². The van der Waals surface area contributed by atoms with E-state index in [1.54, 1.807) is 6.92 Å². The maximum absolute atomic E-state index is 13.8. The molecule has 190 valence electrons. The summed E-state index contributed by atoms with van der Waals surface area (Å²) >= 11 is 0. The number of ketones is 3. The number of primary amides is 1. The van der Waals surface area contributed by atoms with Crippen molar-refractivity contribution in [1.82, 2.24) is 4.90 Å². The van der Waals surface area contributed by atoms with Crippen LogP contribution < -0.4 is 16.8 Å². The van der Waals surface area contributed by atoms with E-state index in [-0.39, 0.29) is 29.6 Å². The number of nitrogens with two attached hydrogens (primary N) is 2. The Labute approximate surface area is 204 Å². The highest BCUT2D eigenvalue weighted by Gasteiger charge is 2.66. The number of nitrogens with one attached hydrogen (secondary N) is 1. The molecule has 0 saturated heterocycles. The molecule has 1 saturated carbocycles. The second-order valence-corrected chi connectivity index (χ2v) is 9.38. The number of hydrogen-bond donors (Lipinski definition) is 6. The average Bonchev–Trinajstić information content (AvgIpc) is 2.80. The highest BCUT2D eigenvalue weighted by Crippen LogP contribution is 2.50. The molecule has 1 fully saturated rings. The van der Waals surface area contributed by atoms with Gasteiger partial charge in [0, 0.05) is 5.92 Å². The van der Waals surface area contributed by atoms with Crippen LogP contribution in [0.25, 0.3) is 10.8 Å². The summed E-state index contributed by atoms with van der Waals surface area (Å²) < 4.78 is 0. The lowest BCUT2D eigenvalue weighted by atomic mass is 9.58. The Balaban J connectivity index is 2.01. The molecule has 0 spiro atoms. The van der Waals surface area contributed by atoms with Crippen molar-refractivity contribution in [3.05, 3.63) is 28.8 Å². The van der Waals surface area contributed by atoms with E-state index in [1.165, 1.54) is 31.1 Å².